The predicted molar refractivity (Wildman–Crippen MR) is 200 cm³/mol. The average molecular weight is 700 g/mol. The highest BCUT2D eigenvalue weighted by Gasteiger charge is 2.66. The van der Waals surface area contributed by atoms with Crippen LogP contribution < -0.4 is 0 Å². The molecule has 2 amide bonds. The molecule has 1 saturated heterocycles. The van der Waals surface area contributed by atoms with Crippen molar-refractivity contribution in [3.63, 3.8) is 0 Å². The van der Waals surface area contributed by atoms with Crippen molar-refractivity contribution in [2.45, 2.75) is 12.0 Å². The van der Waals surface area contributed by atoms with Gasteiger partial charge in [-0.1, -0.05) is 109 Å². The Hall–Kier alpha value is -6.25. The van der Waals surface area contributed by atoms with Crippen LogP contribution in [-0.2, 0) is 24.7 Å². The molecular formula is C45H37N3O5. The number of ether oxygens (including phenoxy) is 1. The van der Waals surface area contributed by atoms with E-state index in [9.17, 15) is 19.5 Å². The highest BCUT2D eigenvalue weighted by Crippen LogP contribution is 2.64. The van der Waals surface area contributed by atoms with Gasteiger partial charge in [-0.3, -0.25) is 24.5 Å². The van der Waals surface area contributed by atoms with Crippen molar-refractivity contribution in [2.24, 2.45) is 23.7 Å². The van der Waals surface area contributed by atoms with Crippen molar-refractivity contribution >= 4 is 29.4 Å². The number of imide groups is 1. The highest BCUT2D eigenvalue weighted by atomic mass is 16.5. The summed E-state index contributed by atoms with van der Waals surface area (Å²) in [6.45, 7) is 0.167. The molecule has 1 saturated carbocycles. The Labute approximate surface area is 307 Å². The number of aliphatic hydroxyl groups is 1. The van der Waals surface area contributed by atoms with Crippen molar-refractivity contribution in [3.05, 3.63) is 191 Å². The van der Waals surface area contributed by atoms with E-state index < -0.39 is 35.2 Å². The number of carbonyl (C=O) groups excluding carboxylic acids is 3. The van der Waals surface area contributed by atoms with E-state index in [2.05, 4.69) is 4.98 Å². The maximum absolute atomic E-state index is 14.6. The molecule has 262 valence electrons. The zero-order valence-corrected chi connectivity index (χ0v) is 28.9. The molecule has 2 aromatic heterocycles. The van der Waals surface area contributed by atoms with Crippen LogP contribution in [0.5, 0.6) is 0 Å². The number of esters is 1. The second-order valence-corrected chi connectivity index (χ2v) is 13.5. The third-order valence-electron chi connectivity index (χ3n) is 10.5. The van der Waals surface area contributed by atoms with Crippen molar-refractivity contribution in [3.8, 4) is 0 Å². The number of aromatic nitrogens is 2. The Morgan fingerprint density at radius 2 is 1.42 bits per heavy atom. The van der Waals surface area contributed by atoms with Crippen LogP contribution in [0.2, 0.25) is 0 Å². The van der Waals surface area contributed by atoms with Gasteiger partial charge in [-0.25, -0.2) is 4.79 Å². The van der Waals surface area contributed by atoms with Crippen molar-refractivity contribution in [1.82, 2.24) is 14.9 Å². The number of hydrogen-bond acceptors (Lipinski definition) is 7. The Bertz CT molecular complexity index is 2140. The van der Waals surface area contributed by atoms with E-state index in [1.165, 1.54) is 11.0 Å². The molecule has 0 spiro atoms. The minimum atomic E-state index is -1.69. The van der Waals surface area contributed by atoms with Crippen LogP contribution in [0.15, 0.2) is 163 Å². The first-order chi connectivity index (χ1) is 26.0. The lowest BCUT2D eigenvalue weighted by atomic mass is 9.71. The Balaban J connectivity index is 1.16. The Morgan fingerprint density at radius 3 is 2.09 bits per heavy atom. The zero-order valence-electron chi connectivity index (χ0n) is 28.9. The highest BCUT2D eigenvalue weighted by molar-refractivity contribution is 6.08. The first-order valence-corrected chi connectivity index (χ1v) is 17.8. The predicted octanol–water partition coefficient (Wildman–Crippen LogP) is 6.65. The number of nitrogens with zero attached hydrogens (tertiary/aromatic N) is 3. The van der Waals surface area contributed by atoms with Gasteiger partial charge in [0.05, 0.1) is 29.8 Å². The van der Waals surface area contributed by atoms with Gasteiger partial charge in [0.2, 0.25) is 11.8 Å². The second kappa shape index (κ2) is 14.4. The molecule has 8 heteroatoms. The lowest BCUT2D eigenvalue weighted by Gasteiger charge is -2.36. The van der Waals surface area contributed by atoms with Crippen LogP contribution in [0.25, 0.3) is 11.6 Å². The number of hydrogen-bond donors (Lipinski definition) is 1. The van der Waals surface area contributed by atoms with Crippen LogP contribution in [-0.4, -0.2) is 50.9 Å². The van der Waals surface area contributed by atoms with Crippen LogP contribution in [0.4, 0.5) is 0 Å². The smallest absolute Gasteiger partial charge is 0.330 e. The summed E-state index contributed by atoms with van der Waals surface area (Å²) in [7, 11) is 0. The average Bonchev–Trinajstić information content (AvgIpc) is 3.83. The molecule has 3 aromatic carbocycles. The van der Waals surface area contributed by atoms with Crippen LogP contribution in [0, 0.1) is 23.7 Å². The van der Waals surface area contributed by atoms with Crippen LogP contribution >= 0.6 is 0 Å². The number of amides is 2. The summed E-state index contributed by atoms with van der Waals surface area (Å²) in [5.74, 6) is -3.57. The Kier molecular flexibility index (Phi) is 9.21. The molecule has 2 aliphatic carbocycles. The molecule has 8 rings (SSSR count). The van der Waals surface area contributed by atoms with Crippen molar-refractivity contribution < 1.29 is 24.2 Å². The first kappa shape index (κ1) is 33.9. The van der Waals surface area contributed by atoms with Gasteiger partial charge in [0.1, 0.15) is 0 Å². The first-order valence-electron chi connectivity index (χ1n) is 17.8. The van der Waals surface area contributed by atoms with E-state index in [-0.39, 0.29) is 25.0 Å². The number of carbonyl (C=O) groups is 3. The molecule has 5 atom stereocenters. The summed E-state index contributed by atoms with van der Waals surface area (Å²) < 4.78 is 5.41. The lowest BCUT2D eigenvalue weighted by molar-refractivity contribution is -0.141. The summed E-state index contributed by atoms with van der Waals surface area (Å²) in [6, 6.07) is 39.8. The van der Waals surface area contributed by atoms with Gasteiger partial charge < -0.3 is 9.84 Å². The van der Waals surface area contributed by atoms with E-state index >= 15 is 0 Å². The number of fused-ring (bicyclic) bond motifs is 5. The van der Waals surface area contributed by atoms with E-state index in [1.807, 2.05) is 121 Å². The molecule has 8 nitrogen and oxygen atoms in total. The molecule has 5 aromatic rings. The van der Waals surface area contributed by atoms with Gasteiger partial charge in [0.25, 0.3) is 0 Å². The molecule has 0 radical (unpaired) electrons. The maximum atomic E-state index is 14.6. The Morgan fingerprint density at radius 1 is 0.774 bits per heavy atom. The number of rotatable bonds is 11. The number of benzene rings is 3. The summed E-state index contributed by atoms with van der Waals surface area (Å²) in [6.07, 6.45) is 8.73. The molecule has 2 bridgehead atoms. The second-order valence-electron chi connectivity index (χ2n) is 13.5. The fourth-order valence-corrected chi connectivity index (χ4v) is 8.30. The molecule has 1 N–H and O–H groups in total. The van der Waals surface area contributed by atoms with Gasteiger partial charge in [0.15, 0.2) is 5.60 Å². The summed E-state index contributed by atoms with van der Waals surface area (Å²) >= 11 is 0. The lowest BCUT2D eigenvalue weighted by Crippen LogP contribution is -2.38. The molecule has 53 heavy (non-hydrogen) atoms. The quantitative estimate of drug-likeness (QED) is 0.0541. The third-order valence-corrected chi connectivity index (χ3v) is 10.5. The summed E-state index contributed by atoms with van der Waals surface area (Å²) in [5.41, 5.74) is 4.22. The molecule has 3 aliphatic rings. The summed E-state index contributed by atoms with van der Waals surface area (Å²) in [4.78, 5) is 52.1. The molecule has 5 unspecified atom stereocenters. The molecular weight excluding hydrogens is 663 g/mol. The topological polar surface area (TPSA) is 110 Å². The van der Waals surface area contributed by atoms with Crippen molar-refractivity contribution in [1.29, 1.82) is 0 Å². The van der Waals surface area contributed by atoms with E-state index in [0.717, 1.165) is 28.0 Å². The fourth-order valence-electron chi connectivity index (χ4n) is 8.30. The monoisotopic (exact) mass is 699 g/mol. The number of likely N-dealkylation sites (tertiary alicyclic amines) is 1. The largest absolute Gasteiger partial charge is 0.462 e. The standard InChI is InChI=1S/C45H37N3O5/c49-37(24-23-30-15-4-1-5-16-30)53-28-14-27-48-43(50)40-33-29-34(45(52,32-19-8-3-9-20-32)36-22-11-13-26-47-36)41(42(40)44(48)51)39(33)38(31-17-6-2-7-18-31)35-21-10-12-25-46-35/h1-13,15-26,29,33,40-42,52H,14,27-28H2. The van der Waals surface area contributed by atoms with Crippen LogP contribution in [0.1, 0.15) is 34.5 Å². The zero-order chi connectivity index (χ0) is 36.4. The van der Waals surface area contributed by atoms with Gasteiger partial charge in [0, 0.05) is 42.4 Å². The van der Waals surface area contributed by atoms with Gasteiger partial charge >= 0.3 is 5.97 Å². The third kappa shape index (κ3) is 6.11. The SMILES string of the molecule is O=C(C=Cc1ccccc1)OCCCN1C(=O)C2C3C=C(C(O)(c4ccccc4)c4ccccn4)C(C3=C(c3ccccc3)c3ccccn3)C2C1=O. The number of pyridine rings is 2. The fraction of sp³-hybridized carbons (Fsp3) is 0.178. The minimum Gasteiger partial charge on any atom is -0.462 e. The maximum Gasteiger partial charge on any atom is 0.330 e. The number of allylic oxidation sites excluding steroid dienone is 2. The molecule has 3 heterocycles. The van der Waals surface area contributed by atoms with E-state index in [0.29, 0.717) is 23.3 Å². The molecule has 1 aliphatic heterocycles. The van der Waals surface area contributed by atoms with Gasteiger partial charge in [-0.15, -0.1) is 0 Å². The molecule has 2 fully saturated rings. The van der Waals surface area contributed by atoms with E-state index in [4.69, 9.17) is 9.72 Å². The normalized spacial score (nSPS) is 22.4. The van der Waals surface area contributed by atoms with Gasteiger partial charge in [-0.05, 0) is 64.6 Å². The van der Waals surface area contributed by atoms with Crippen molar-refractivity contribution in [2.75, 3.05) is 13.2 Å². The van der Waals surface area contributed by atoms with E-state index in [1.54, 1.807) is 30.6 Å². The summed E-state index contributed by atoms with van der Waals surface area (Å²) in [5, 5.41) is 13.1. The minimum absolute atomic E-state index is 0.0527. The van der Waals surface area contributed by atoms with Gasteiger partial charge in [-0.2, -0.15) is 0 Å². The van der Waals surface area contributed by atoms with Crippen LogP contribution in [0.3, 0.4) is 0 Å².